The van der Waals surface area contributed by atoms with E-state index in [9.17, 15) is 14.4 Å². The average molecular weight is 369 g/mol. The molecular weight excluding hydrogens is 342 g/mol. The fraction of sp³-hybridized carbons (Fsp3) is 0.571. The van der Waals surface area contributed by atoms with Crippen molar-refractivity contribution in [2.45, 2.75) is 51.5 Å². The van der Waals surface area contributed by atoms with Gasteiger partial charge in [-0.15, -0.1) is 0 Å². The summed E-state index contributed by atoms with van der Waals surface area (Å²) in [5.74, 6) is -0.134. The van der Waals surface area contributed by atoms with Crippen molar-refractivity contribution in [3.8, 4) is 0 Å². The Morgan fingerprint density at radius 1 is 1.04 bits per heavy atom. The maximum atomic E-state index is 12.6. The molecule has 27 heavy (non-hydrogen) atoms. The lowest BCUT2D eigenvalue weighted by atomic mass is 9.93. The van der Waals surface area contributed by atoms with Crippen LogP contribution in [0.15, 0.2) is 24.3 Å². The van der Waals surface area contributed by atoms with Crippen LogP contribution < -0.4 is 10.2 Å². The fourth-order valence-electron chi connectivity index (χ4n) is 4.21. The molecule has 0 aromatic heterocycles. The molecule has 2 heterocycles. The fourth-order valence-corrected chi connectivity index (χ4v) is 4.21. The zero-order chi connectivity index (χ0) is 19.0. The Morgan fingerprint density at radius 3 is 2.26 bits per heavy atom. The molecule has 144 valence electrons. The number of piperidine rings is 1. The van der Waals surface area contributed by atoms with Crippen LogP contribution in [0, 0.1) is 5.41 Å². The lowest BCUT2D eigenvalue weighted by Crippen LogP contribution is -2.49. The number of nitrogens with zero attached hydrogens (tertiary/aromatic N) is 2. The Balaban J connectivity index is 1.32. The van der Waals surface area contributed by atoms with Crippen molar-refractivity contribution in [3.63, 3.8) is 0 Å². The third-order valence-corrected chi connectivity index (χ3v) is 6.33. The monoisotopic (exact) mass is 369 g/mol. The van der Waals surface area contributed by atoms with E-state index < -0.39 is 6.04 Å². The summed E-state index contributed by atoms with van der Waals surface area (Å²) in [5.41, 5.74) is 1.85. The van der Waals surface area contributed by atoms with Crippen LogP contribution in [0.3, 0.4) is 0 Å². The van der Waals surface area contributed by atoms with E-state index >= 15 is 0 Å². The highest BCUT2D eigenvalue weighted by Gasteiger charge is 2.45. The van der Waals surface area contributed by atoms with Crippen LogP contribution in [-0.2, 0) is 9.59 Å². The van der Waals surface area contributed by atoms with Crippen molar-refractivity contribution in [3.05, 3.63) is 29.8 Å². The van der Waals surface area contributed by atoms with Gasteiger partial charge in [0.15, 0.2) is 0 Å². The van der Waals surface area contributed by atoms with E-state index in [1.54, 1.807) is 36.1 Å². The molecule has 1 saturated carbocycles. The van der Waals surface area contributed by atoms with Gasteiger partial charge >= 0.3 is 0 Å². The van der Waals surface area contributed by atoms with Crippen LogP contribution >= 0.6 is 0 Å². The van der Waals surface area contributed by atoms with Gasteiger partial charge in [0.05, 0.1) is 0 Å². The predicted octanol–water partition coefficient (Wildman–Crippen LogP) is 2.33. The summed E-state index contributed by atoms with van der Waals surface area (Å²) in [5, 5.41) is 2.82. The highest BCUT2D eigenvalue weighted by atomic mass is 16.2. The number of hydrogen-bond donors (Lipinski definition) is 1. The molecule has 1 aromatic carbocycles. The molecule has 3 aliphatic rings. The highest BCUT2D eigenvalue weighted by molar-refractivity contribution is 5.99. The molecule has 2 saturated heterocycles. The summed E-state index contributed by atoms with van der Waals surface area (Å²) in [7, 11) is 0. The second-order valence-corrected chi connectivity index (χ2v) is 8.22. The molecule has 0 bridgehead atoms. The Bertz CT molecular complexity index is 744. The predicted molar refractivity (Wildman–Crippen MR) is 102 cm³/mol. The summed E-state index contributed by atoms with van der Waals surface area (Å²) in [6.07, 6.45) is 6.25. The smallest absolute Gasteiger partial charge is 0.251 e. The second kappa shape index (κ2) is 6.98. The van der Waals surface area contributed by atoms with Crippen LogP contribution in [0.1, 0.15) is 55.8 Å². The van der Waals surface area contributed by atoms with E-state index in [0.29, 0.717) is 17.4 Å². The first-order valence-corrected chi connectivity index (χ1v) is 9.98. The molecule has 3 amide bonds. The maximum absolute atomic E-state index is 12.6. The highest BCUT2D eigenvalue weighted by Crippen LogP contribution is 2.53. The number of amides is 3. The first-order valence-electron chi connectivity index (χ1n) is 9.98. The molecule has 1 aromatic rings. The van der Waals surface area contributed by atoms with Crippen molar-refractivity contribution >= 4 is 23.4 Å². The van der Waals surface area contributed by atoms with Crippen molar-refractivity contribution in [1.82, 2.24) is 10.2 Å². The SMILES string of the molecule is C[C@@H](NC(=O)c1ccc(N2CCCC2=O)cc1)C(=O)N1CCC2(CC1)CC2. The molecule has 1 spiro atoms. The number of hydrogen-bond acceptors (Lipinski definition) is 3. The van der Waals surface area contributed by atoms with Gasteiger partial charge in [0.1, 0.15) is 6.04 Å². The number of carbonyl (C=O) groups is 3. The average Bonchev–Trinajstić information content (AvgIpc) is 3.29. The Hall–Kier alpha value is -2.37. The molecule has 1 atom stereocenters. The minimum Gasteiger partial charge on any atom is -0.341 e. The number of rotatable bonds is 4. The standard InChI is InChI=1S/C21H27N3O3/c1-15(20(27)23-13-10-21(8-9-21)11-14-23)22-19(26)16-4-6-17(7-5-16)24-12-2-3-18(24)25/h4-7,15H,2-3,8-14H2,1H3,(H,22,26)/t15-/m1/s1. The van der Waals surface area contributed by atoms with Gasteiger partial charge in [-0.1, -0.05) is 0 Å². The van der Waals surface area contributed by atoms with Gasteiger partial charge in [-0.2, -0.15) is 0 Å². The number of anilines is 1. The van der Waals surface area contributed by atoms with Crippen molar-refractivity contribution in [2.24, 2.45) is 5.41 Å². The van der Waals surface area contributed by atoms with E-state index in [-0.39, 0.29) is 17.7 Å². The van der Waals surface area contributed by atoms with Gasteiger partial charge in [0.2, 0.25) is 11.8 Å². The van der Waals surface area contributed by atoms with Gasteiger partial charge in [0.25, 0.3) is 5.91 Å². The van der Waals surface area contributed by atoms with Crippen LogP contribution in [0.2, 0.25) is 0 Å². The third-order valence-electron chi connectivity index (χ3n) is 6.33. The Morgan fingerprint density at radius 2 is 1.70 bits per heavy atom. The zero-order valence-electron chi connectivity index (χ0n) is 15.9. The third kappa shape index (κ3) is 3.70. The molecule has 3 fully saturated rings. The Kier molecular flexibility index (Phi) is 4.66. The van der Waals surface area contributed by atoms with Gasteiger partial charge < -0.3 is 15.1 Å². The van der Waals surface area contributed by atoms with Crippen LogP contribution in [-0.4, -0.2) is 48.3 Å². The molecular formula is C21H27N3O3. The van der Waals surface area contributed by atoms with Crippen LogP contribution in [0.4, 0.5) is 5.69 Å². The minimum atomic E-state index is -0.536. The largest absolute Gasteiger partial charge is 0.341 e. The molecule has 1 aliphatic carbocycles. The molecule has 0 unspecified atom stereocenters. The normalized spacial score (nSPS) is 22.0. The van der Waals surface area contributed by atoms with Gasteiger partial charge in [-0.05, 0) is 68.7 Å². The van der Waals surface area contributed by atoms with Crippen molar-refractivity contribution in [1.29, 1.82) is 0 Å². The van der Waals surface area contributed by atoms with Gasteiger partial charge in [-0.3, -0.25) is 14.4 Å². The lowest BCUT2D eigenvalue weighted by molar-refractivity contribution is -0.134. The Labute approximate surface area is 159 Å². The molecule has 0 radical (unpaired) electrons. The van der Waals surface area contributed by atoms with Gasteiger partial charge in [-0.25, -0.2) is 0 Å². The molecule has 1 N–H and O–H groups in total. The van der Waals surface area contributed by atoms with Crippen molar-refractivity contribution in [2.75, 3.05) is 24.5 Å². The first kappa shape index (κ1) is 18.0. The topological polar surface area (TPSA) is 69.7 Å². The van der Waals surface area contributed by atoms with Crippen molar-refractivity contribution < 1.29 is 14.4 Å². The van der Waals surface area contributed by atoms with E-state index in [1.807, 2.05) is 4.90 Å². The number of carbonyl (C=O) groups excluding carboxylic acids is 3. The lowest BCUT2D eigenvalue weighted by Gasteiger charge is -2.33. The summed E-state index contributed by atoms with van der Waals surface area (Å²) in [6.45, 7) is 4.08. The quantitative estimate of drug-likeness (QED) is 0.886. The number of likely N-dealkylation sites (tertiary alicyclic amines) is 1. The molecule has 4 rings (SSSR count). The summed E-state index contributed by atoms with van der Waals surface area (Å²) in [4.78, 5) is 40.6. The second-order valence-electron chi connectivity index (χ2n) is 8.22. The first-order chi connectivity index (χ1) is 13.0. The maximum Gasteiger partial charge on any atom is 0.251 e. The van der Waals surface area contributed by atoms with E-state index in [4.69, 9.17) is 0 Å². The molecule has 2 aliphatic heterocycles. The number of benzene rings is 1. The van der Waals surface area contributed by atoms with Crippen LogP contribution in [0.25, 0.3) is 0 Å². The van der Waals surface area contributed by atoms with E-state index in [1.165, 1.54) is 12.8 Å². The van der Waals surface area contributed by atoms with E-state index in [2.05, 4.69) is 5.32 Å². The summed E-state index contributed by atoms with van der Waals surface area (Å²) < 4.78 is 0. The molecule has 6 nitrogen and oxygen atoms in total. The van der Waals surface area contributed by atoms with Gasteiger partial charge in [0, 0.05) is 37.3 Å². The van der Waals surface area contributed by atoms with Crippen LogP contribution in [0.5, 0.6) is 0 Å². The number of nitrogens with one attached hydrogen (secondary N) is 1. The van der Waals surface area contributed by atoms with E-state index in [0.717, 1.165) is 44.6 Å². The minimum absolute atomic E-state index is 0.00173. The zero-order valence-corrected chi connectivity index (χ0v) is 15.9. The summed E-state index contributed by atoms with van der Waals surface area (Å²) in [6, 6.07) is 6.48. The summed E-state index contributed by atoms with van der Waals surface area (Å²) >= 11 is 0. The molecule has 6 heteroatoms.